The molecule has 21 heavy (non-hydrogen) atoms. The van der Waals surface area contributed by atoms with Crippen LogP contribution in [0, 0.1) is 5.92 Å². The minimum atomic E-state index is 0. The highest BCUT2D eigenvalue weighted by atomic mass is 127. The summed E-state index contributed by atoms with van der Waals surface area (Å²) in [7, 11) is 0. The number of halogens is 1. The molecule has 0 radical (unpaired) electrons. The SMILES string of the molecule is CCNC(=NCCCOCC)NCCCC1CCCC1.I. The van der Waals surface area contributed by atoms with Crippen LogP contribution < -0.4 is 10.6 Å². The van der Waals surface area contributed by atoms with Crippen LogP contribution in [0.4, 0.5) is 0 Å². The first kappa shape index (κ1) is 21.0. The Morgan fingerprint density at radius 2 is 1.90 bits per heavy atom. The number of ether oxygens (including phenoxy) is 1. The molecule has 0 spiro atoms. The lowest BCUT2D eigenvalue weighted by molar-refractivity contribution is 0.146. The molecule has 1 saturated carbocycles. The zero-order valence-corrected chi connectivity index (χ0v) is 16.2. The van der Waals surface area contributed by atoms with Gasteiger partial charge < -0.3 is 15.4 Å². The van der Waals surface area contributed by atoms with E-state index in [2.05, 4.69) is 22.5 Å². The fourth-order valence-corrected chi connectivity index (χ4v) is 2.74. The largest absolute Gasteiger partial charge is 0.382 e. The Bertz CT molecular complexity index is 256. The molecule has 0 saturated heterocycles. The van der Waals surface area contributed by atoms with Gasteiger partial charge in [-0.05, 0) is 39.0 Å². The zero-order valence-electron chi connectivity index (χ0n) is 13.8. The molecule has 2 N–H and O–H groups in total. The minimum absolute atomic E-state index is 0. The first-order valence-electron chi connectivity index (χ1n) is 8.46. The van der Waals surface area contributed by atoms with Crippen molar-refractivity contribution >= 4 is 29.9 Å². The molecule has 0 aromatic heterocycles. The zero-order chi connectivity index (χ0) is 14.5. The van der Waals surface area contributed by atoms with Crippen LogP contribution in [-0.2, 0) is 4.74 Å². The predicted octanol–water partition coefficient (Wildman–Crippen LogP) is 3.56. The van der Waals surface area contributed by atoms with Crippen molar-refractivity contribution in [2.75, 3.05) is 32.8 Å². The number of guanidine groups is 1. The van der Waals surface area contributed by atoms with E-state index in [1.165, 1.54) is 38.5 Å². The maximum atomic E-state index is 5.32. The monoisotopic (exact) mass is 411 g/mol. The maximum absolute atomic E-state index is 5.32. The molecule has 1 aliphatic carbocycles. The van der Waals surface area contributed by atoms with Gasteiger partial charge in [-0.15, -0.1) is 24.0 Å². The lowest BCUT2D eigenvalue weighted by atomic mass is 10.0. The summed E-state index contributed by atoms with van der Waals surface area (Å²) in [5.41, 5.74) is 0. The average molecular weight is 411 g/mol. The molecular formula is C16H34IN3O. The van der Waals surface area contributed by atoms with Crippen LogP contribution in [0.2, 0.25) is 0 Å². The summed E-state index contributed by atoms with van der Waals surface area (Å²) in [5.74, 6) is 1.94. The van der Waals surface area contributed by atoms with E-state index in [0.717, 1.165) is 51.1 Å². The summed E-state index contributed by atoms with van der Waals surface area (Å²) in [4.78, 5) is 4.57. The molecule has 4 nitrogen and oxygen atoms in total. The van der Waals surface area contributed by atoms with Gasteiger partial charge in [0.05, 0.1) is 0 Å². The number of nitrogens with one attached hydrogen (secondary N) is 2. The third kappa shape index (κ3) is 11.2. The van der Waals surface area contributed by atoms with E-state index in [9.17, 15) is 0 Å². The molecule has 0 heterocycles. The fraction of sp³-hybridized carbons (Fsp3) is 0.938. The molecule has 1 rings (SSSR count). The van der Waals surface area contributed by atoms with Crippen molar-refractivity contribution in [3.05, 3.63) is 0 Å². The van der Waals surface area contributed by atoms with Crippen molar-refractivity contribution in [3.8, 4) is 0 Å². The van der Waals surface area contributed by atoms with Gasteiger partial charge in [-0.3, -0.25) is 4.99 Å². The molecule has 0 aromatic rings. The van der Waals surface area contributed by atoms with Crippen LogP contribution in [0.5, 0.6) is 0 Å². The summed E-state index contributed by atoms with van der Waals surface area (Å²) in [6.07, 6.45) is 9.42. The maximum Gasteiger partial charge on any atom is 0.191 e. The van der Waals surface area contributed by atoms with Gasteiger partial charge in [-0.25, -0.2) is 0 Å². The molecule has 1 aliphatic rings. The van der Waals surface area contributed by atoms with E-state index in [-0.39, 0.29) is 24.0 Å². The van der Waals surface area contributed by atoms with Crippen LogP contribution in [0.15, 0.2) is 4.99 Å². The summed E-state index contributed by atoms with van der Waals surface area (Å²) < 4.78 is 5.32. The quantitative estimate of drug-likeness (QED) is 0.250. The molecule has 0 amide bonds. The molecule has 0 aromatic carbocycles. The smallest absolute Gasteiger partial charge is 0.191 e. The third-order valence-electron chi connectivity index (χ3n) is 3.82. The van der Waals surface area contributed by atoms with Crippen LogP contribution in [0.25, 0.3) is 0 Å². The average Bonchev–Trinajstić information content (AvgIpc) is 2.96. The van der Waals surface area contributed by atoms with Gasteiger partial charge in [0.2, 0.25) is 0 Å². The van der Waals surface area contributed by atoms with Crippen LogP contribution >= 0.6 is 24.0 Å². The van der Waals surface area contributed by atoms with Gasteiger partial charge in [0.25, 0.3) is 0 Å². The van der Waals surface area contributed by atoms with E-state index in [4.69, 9.17) is 4.74 Å². The minimum Gasteiger partial charge on any atom is -0.382 e. The van der Waals surface area contributed by atoms with Crippen molar-refractivity contribution in [1.29, 1.82) is 0 Å². The van der Waals surface area contributed by atoms with Crippen molar-refractivity contribution in [3.63, 3.8) is 0 Å². The van der Waals surface area contributed by atoms with Gasteiger partial charge in [-0.1, -0.05) is 25.7 Å². The normalized spacial score (nSPS) is 15.8. The van der Waals surface area contributed by atoms with Crippen LogP contribution in [-0.4, -0.2) is 38.8 Å². The Balaban J connectivity index is 0.00000400. The standard InChI is InChI=1S/C16H33N3O.HI/c1-3-17-16(19-13-8-14-20-4-2)18-12-7-11-15-9-5-6-10-15;/h15H,3-14H2,1-2H3,(H2,17,18,19);1H. The van der Waals surface area contributed by atoms with Gasteiger partial charge in [0.1, 0.15) is 0 Å². The Hall–Kier alpha value is -0.0400. The molecule has 0 unspecified atom stereocenters. The third-order valence-corrected chi connectivity index (χ3v) is 3.82. The molecule has 0 bridgehead atoms. The second-order valence-corrected chi connectivity index (χ2v) is 5.53. The van der Waals surface area contributed by atoms with Gasteiger partial charge >= 0.3 is 0 Å². The van der Waals surface area contributed by atoms with Crippen molar-refractivity contribution in [1.82, 2.24) is 10.6 Å². The van der Waals surface area contributed by atoms with E-state index in [1.54, 1.807) is 0 Å². The van der Waals surface area contributed by atoms with E-state index >= 15 is 0 Å². The van der Waals surface area contributed by atoms with E-state index in [1.807, 2.05) is 6.92 Å². The molecule has 126 valence electrons. The van der Waals surface area contributed by atoms with Gasteiger partial charge in [0, 0.05) is 32.8 Å². The highest BCUT2D eigenvalue weighted by Gasteiger charge is 2.13. The number of hydrogen-bond acceptors (Lipinski definition) is 2. The molecule has 0 atom stereocenters. The number of hydrogen-bond donors (Lipinski definition) is 2. The van der Waals surface area contributed by atoms with Crippen molar-refractivity contribution in [2.45, 2.75) is 58.8 Å². The lowest BCUT2D eigenvalue weighted by Gasteiger charge is -2.13. The summed E-state index contributed by atoms with van der Waals surface area (Å²) >= 11 is 0. The molecule has 5 heteroatoms. The highest BCUT2D eigenvalue weighted by molar-refractivity contribution is 14.0. The number of aliphatic imine (C=N–C) groups is 1. The Kier molecular flexibility index (Phi) is 14.9. The fourth-order valence-electron chi connectivity index (χ4n) is 2.74. The Morgan fingerprint density at radius 1 is 1.14 bits per heavy atom. The Morgan fingerprint density at radius 3 is 2.57 bits per heavy atom. The summed E-state index contributed by atoms with van der Waals surface area (Å²) in [5, 5.41) is 6.73. The number of rotatable bonds is 10. The lowest BCUT2D eigenvalue weighted by Crippen LogP contribution is -2.38. The Labute approximate surface area is 147 Å². The summed E-state index contributed by atoms with van der Waals surface area (Å²) in [6, 6.07) is 0. The molecule has 1 fully saturated rings. The first-order chi connectivity index (χ1) is 9.86. The highest BCUT2D eigenvalue weighted by Crippen LogP contribution is 2.28. The van der Waals surface area contributed by atoms with E-state index in [0.29, 0.717) is 0 Å². The first-order valence-corrected chi connectivity index (χ1v) is 8.46. The molecular weight excluding hydrogens is 377 g/mol. The van der Waals surface area contributed by atoms with Gasteiger partial charge in [0.15, 0.2) is 5.96 Å². The van der Waals surface area contributed by atoms with Crippen molar-refractivity contribution in [2.24, 2.45) is 10.9 Å². The van der Waals surface area contributed by atoms with E-state index < -0.39 is 0 Å². The summed E-state index contributed by atoms with van der Waals surface area (Å²) in [6.45, 7) is 8.52. The topological polar surface area (TPSA) is 45.7 Å². The van der Waals surface area contributed by atoms with Crippen LogP contribution in [0.3, 0.4) is 0 Å². The van der Waals surface area contributed by atoms with Gasteiger partial charge in [-0.2, -0.15) is 0 Å². The molecule has 0 aliphatic heterocycles. The predicted molar refractivity (Wildman–Crippen MR) is 102 cm³/mol. The second-order valence-electron chi connectivity index (χ2n) is 5.53. The van der Waals surface area contributed by atoms with Crippen molar-refractivity contribution < 1.29 is 4.74 Å². The number of nitrogens with zero attached hydrogens (tertiary/aromatic N) is 1. The second kappa shape index (κ2) is 14.9. The van der Waals surface area contributed by atoms with Crippen LogP contribution in [0.1, 0.15) is 58.8 Å².